The molecule has 0 unspecified atom stereocenters. The molecule has 2 rings (SSSR count). The third-order valence-corrected chi connectivity index (χ3v) is 4.53. The van der Waals surface area contributed by atoms with E-state index in [2.05, 4.69) is 27.8 Å². The molecule has 1 saturated heterocycles. The topological polar surface area (TPSA) is 21.7 Å². The van der Waals surface area contributed by atoms with Gasteiger partial charge in [0.15, 0.2) is 0 Å². The van der Waals surface area contributed by atoms with Gasteiger partial charge in [0, 0.05) is 18.1 Å². The van der Waals surface area contributed by atoms with Crippen LogP contribution in [0.25, 0.3) is 0 Å². The van der Waals surface area contributed by atoms with Crippen LogP contribution in [-0.2, 0) is 4.74 Å². The summed E-state index contributed by atoms with van der Waals surface area (Å²) in [6.45, 7) is 7.70. The van der Waals surface area contributed by atoms with Crippen molar-refractivity contribution in [3.63, 3.8) is 0 Å². The van der Waals surface area contributed by atoms with Crippen LogP contribution in [0.2, 0.25) is 5.02 Å². The largest absolute Gasteiger partial charge is 0.490 e. The number of ether oxygens (including phenoxy) is 2. The summed E-state index contributed by atoms with van der Waals surface area (Å²) in [4.78, 5) is 2.49. The molecule has 0 aliphatic carbocycles. The van der Waals surface area contributed by atoms with E-state index in [0.29, 0.717) is 18.2 Å². The lowest BCUT2D eigenvalue weighted by molar-refractivity contribution is 0.0687. The molecule has 0 N–H and O–H groups in total. The van der Waals surface area contributed by atoms with Crippen molar-refractivity contribution in [2.24, 2.45) is 5.92 Å². The van der Waals surface area contributed by atoms with Crippen LogP contribution in [0.5, 0.6) is 5.75 Å². The molecule has 3 nitrogen and oxygen atoms in total. The molecular weight excluding hydrogens is 354 g/mol. The van der Waals surface area contributed by atoms with Crippen molar-refractivity contribution in [3.8, 4) is 5.75 Å². The predicted octanol–water partition coefficient (Wildman–Crippen LogP) is 4.23. The normalized spacial score (nSPS) is 19.7. The standard InChI is InChI=1S/C16H23BrClNO2/c1-13-3-2-6-19(12-13)7-8-20-9-10-21-16-5-4-14(18)11-15(16)17/h4-5,11,13H,2-3,6-10,12H2,1H3/t13-/m1/s1. The van der Waals surface area contributed by atoms with Crippen LogP contribution in [0.4, 0.5) is 0 Å². The molecule has 1 fully saturated rings. The van der Waals surface area contributed by atoms with E-state index in [0.717, 1.165) is 29.3 Å². The Labute approximate surface area is 140 Å². The van der Waals surface area contributed by atoms with Crippen molar-refractivity contribution < 1.29 is 9.47 Å². The van der Waals surface area contributed by atoms with Crippen LogP contribution in [0.3, 0.4) is 0 Å². The summed E-state index contributed by atoms with van der Waals surface area (Å²) in [7, 11) is 0. The monoisotopic (exact) mass is 375 g/mol. The third kappa shape index (κ3) is 6.15. The van der Waals surface area contributed by atoms with E-state index < -0.39 is 0 Å². The van der Waals surface area contributed by atoms with Crippen LogP contribution in [0, 0.1) is 5.92 Å². The van der Waals surface area contributed by atoms with E-state index in [4.69, 9.17) is 21.1 Å². The quantitative estimate of drug-likeness (QED) is 0.665. The van der Waals surface area contributed by atoms with E-state index in [1.807, 2.05) is 18.2 Å². The summed E-state index contributed by atoms with van der Waals surface area (Å²) in [5.41, 5.74) is 0. The van der Waals surface area contributed by atoms with Crippen molar-refractivity contribution in [2.45, 2.75) is 19.8 Å². The zero-order valence-corrected chi connectivity index (χ0v) is 14.8. The van der Waals surface area contributed by atoms with Gasteiger partial charge in [0.05, 0.1) is 17.7 Å². The Balaban J connectivity index is 1.55. The maximum atomic E-state index is 5.89. The Kier molecular flexibility index (Phi) is 7.30. The maximum absolute atomic E-state index is 5.89. The van der Waals surface area contributed by atoms with Gasteiger partial charge in [0.1, 0.15) is 12.4 Å². The van der Waals surface area contributed by atoms with Gasteiger partial charge in [-0.1, -0.05) is 18.5 Å². The predicted molar refractivity (Wildman–Crippen MR) is 90.3 cm³/mol. The molecular formula is C16H23BrClNO2. The average Bonchev–Trinajstić information content (AvgIpc) is 2.44. The van der Waals surface area contributed by atoms with Gasteiger partial charge in [0.25, 0.3) is 0 Å². The molecule has 5 heteroatoms. The van der Waals surface area contributed by atoms with Crippen LogP contribution < -0.4 is 4.74 Å². The molecule has 0 bridgehead atoms. The molecule has 0 spiro atoms. The van der Waals surface area contributed by atoms with Gasteiger partial charge in [-0.15, -0.1) is 0 Å². The number of benzene rings is 1. The van der Waals surface area contributed by atoms with Gasteiger partial charge in [0.2, 0.25) is 0 Å². The van der Waals surface area contributed by atoms with E-state index >= 15 is 0 Å². The summed E-state index contributed by atoms with van der Waals surface area (Å²) >= 11 is 9.32. The third-order valence-electron chi connectivity index (χ3n) is 3.67. The van der Waals surface area contributed by atoms with Crippen LogP contribution in [0.15, 0.2) is 22.7 Å². The minimum Gasteiger partial charge on any atom is -0.490 e. The van der Waals surface area contributed by atoms with E-state index in [1.165, 1.54) is 25.9 Å². The van der Waals surface area contributed by atoms with Gasteiger partial charge in [-0.25, -0.2) is 0 Å². The summed E-state index contributed by atoms with van der Waals surface area (Å²) in [5.74, 6) is 1.62. The second kappa shape index (κ2) is 8.99. The van der Waals surface area contributed by atoms with Gasteiger partial charge in [-0.05, 0) is 59.4 Å². The zero-order chi connectivity index (χ0) is 15.1. The highest BCUT2D eigenvalue weighted by Crippen LogP contribution is 2.27. The minimum absolute atomic E-state index is 0.552. The first kappa shape index (κ1) is 17.1. The molecule has 1 aliphatic heterocycles. The second-order valence-corrected chi connectivity index (χ2v) is 6.87. The van der Waals surface area contributed by atoms with E-state index in [-0.39, 0.29) is 0 Å². The van der Waals surface area contributed by atoms with Crippen molar-refractivity contribution in [2.75, 3.05) is 39.5 Å². The van der Waals surface area contributed by atoms with Crippen molar-refractivity contribution in [1.82, 2.24) is 4.90 Å². The minimum atomic E-state index is 0.552. The second-order valence-electron chi connectivity index (χ2n) is 5.58. The highest BCUT2D eigenvalue weighted by atomic mass is 79.9. The fraction of sp³-hybridized carbons (Fsp3) is 0.625. The Hall–Kier alpha value is -0.290. The van der Waals surface area contributed by atoms with Crippen molar-refractivity contribution >= 4 is 27.5 Å². The molecule has 0 saturated carbocycles. The van der Waals surface area contributed by atoms with Gasteiger partial charge in [-0.2, -0.15) is 0 Å². The number of halogens is 2. The van der Waals surface area contributed by atoms with E-state index in [1.54, 1.807) is 0 Å². The Bertz CT molecular complexity index is 444. The van der Waals surface area contributed by atoms with Gasteiger partial charge < -0.3 is 14.4 Å². The number of likely N-dealkylation sites (tertiary alicyclic amines) is 1. The molecule has 0 amide bonds. The zero-order valence-electron chi connectivity index (χ0n) is 12.5. The SMILES string of the molecule is C[C@@H]1CCCN(CCOCCOc2ccc(Cl)cc2Br)C1. The number of hydrogen-bond acceptors (Lipinski definition) is 3. The summed E-state index contributed by atoms with van der Waals surface area (Å²) in [6, 6.07) is 5.51. The number of rotatable bonds is 7. The highest BCUT2D eigenvalue weighted by molar-refractivity contribution is 9.10. The van der Waals surface area contributed by atoms with Gasteiger partial charge >= 0.3 is 0 Å². The van der Waals surface area contributed by atoms with Crippen molar-refractivity contribution in [3.05, 3.63) is 27.7 Å². The fourth-order valence-corrected chi connectivity index (χ4v) is 3.39. The molecule has 1 aliphatic rings. The summed E-state index contributed by atoms with van der Waals surface area (Å²) < 4.78 is 12.2. The number of hydrogen-bond donors (Lipinski definition) is 0. The molecule has 118 valence electrons. The maximum Gasteiger partial charge on any atom is 0.133 e. The number of piperidine rings is 1. The first-order valence-electron chi connectivity index (χ1n) is 7.53. The average molecular weight is 377 g/mol. The Morgan fingerprint density at radius 2 is 2.19 bits per heavy atom. The molecule has 1 aromatic rings. The summed E-state index contributed by atoms with van der Waals surface area (Å²) in [5, 5.41) is 0.696. The van der Waals surface area contributed by atoms with Crippen LogP contribution in [-0.4, -0.2) is 44.4 Å². The summed E-state index contributed by atoms with van der Waals surface area (Å²) in [6.07, 6.45) is 2.68. The lowest BCUT2D eigenvalue weighted by atomic mass is 10.0. The lowest BCUT2D eigenvalue weighted by Crippen LogP contribution is -2.36. The fourth-order valence-electron chi connectivity index (χ4n) is 2.59. The smallest absolute Gasteiger partial charge is 0.133 e. The van der Waals surface area contributed by atoms with Crippen LogP contribution in [0.1, 0.15) is 19.8 Å². The lowest BCUT2D eigenvalue weighted by Gasteiger charge is -2.30. The van der Waals surface area contributed by atoms with Gasteiger partial charge in [-0.3, -0.25) is 0 Å². The number of nitrogens with zero attached hydrogens (tertiary/aromatic N) is 1. The molecule has 0 aromatic heterocycles. The Morgan fingerprint density at radius 3 is 2.95 bits per heavy atom. The van der Waals surface area contributed by atoms with E-state index in [9.17, 15) is 0 Å². The van der Waals surface area contributed by atoms with Crippen molar-refractivity contribution in [1.29, 1.82) is 0 Å². The molecule has 1 atom stereocenters. The van der Waals surface area contributed by atoms with Crippen LogP contribution >= 0.6 is 27.5 Å². The highest BCUT2D eigenvalue weighted by Gasteiger charge is 2.15. The molecule has 1 aromatic carbocycles. The Morgan fingerprint density at radius 1 is 1.33 bits per heavy atom. The molecule has 1 heterocycles. The molecule has 0 radical (unpaired) electrons. The first-order chi connectivity index (χ1) is 10.1. The first-order valence-corrected chi connectivity index (χ1v) is 8.70. The molecule has 21 heavy (non-hydrogen) atoms.